The molecular weight excluding hydrogens is 188 g/mol. The lowest BCUT2D eigenvalue weighted by molar-refractivity contribution is -0.135. The van der Waals surface area contributed by atoms with Gasteiger partial charge in [-0.2, -0.15) is 0 Å². The molecule has 0 aromatic rings. The highest BCUT2D eigenvalue weighted by Gasteiger charge is 2.41. The fourth-order valence-electron chi connectivity index (χ4n) is 3.14. The highest BCUT2D eigenvalue weighted by molar-refractivity contribution is 5.94. The lowest BCUT2D eigenvalue weighted by Crippen LogP contribution is -2.34. The van der Waals surface area contributed by atoms with Crippen LogP contribution in [0.1, 0.15) is 58.3 Å². The number of fused-ring (bicyclic) bond motifs is 2. The Morgan fingerprint density at radius 1 is 1.13 bits per heavy atom. The Labute approximate surface area is 91.4 Å². The number of ketones is 2. The fourth-order valence-corrected chi connectivity index (χ4v) is 3.14. The number of carbonyl (C=O) groups is 2. The molecule has 2 bridgehead atoms. The van der Waals surface area contributed by atoms with E-state index in [1.54, 1.807) is 0 Å². The van der Waals surface area contributed by atoms with Gasteiger partial charge < -0.3 is 0 Å². The van der Waals surface area contributed by atoms with Gasteiger partial charge in [0.25, 0.3) is 0 Å². The van der Waals surface area contributed by atoms with Crippen molar-refractivity contribution in [2.24, 2.45) is 11.3 Å². The Balaban J connectivity index is 2.26. The number of carbonyl (C=O) groups excluding carboxylic acids is 2. The molecule has 84 valence electrons. The highest BCUT2D eigenvalue weighted by atomic mass is 16.1. The number of hydrogen-bond acceptors (Lipinski definition) is 2. The molecule has 2 atom stereocenters. The fraction of sp³-hybridized carbons (Fsp3) is 0.846. The molecule has 2 saturated carbocycles. The van der Waals surface area contributed by atoms with Crippen LogP contribution in [0.5, 0.6) is 0 Å². The normalized spacial score (nSPS) is 38.1. The van der Waals surface area contributed by atoms with Crippen molar-refractivity contribution in [1.29, 1.82) is 0 Å². The minimum Gasteiger partial charge on any atom is -0.300 e. The molecule has 0 amide bonds. The highest BCUT2D eigenvalue weighted by Crippen LogP contribution is 2.40. The molecule has 2 nitrogen and oxygen atoms in total. The summed E-state index contributed by atoms with van der Waals surface area (Å²) in [6.07, 6.45) is 7.40. The molecular formula is C13H20O2. The van der Waals surface area contributed by atoms with Crippen molar-refractivity contribution in [2.45, 2.75) is 58.3 Å². The molecule has 0 unspecified atom stereocenters. The van der Waals surface area contributed by atoms with E-state index in [9.17, 15) is 9.59 Å². The zero-order valence-electron chi connectivity index (χ0n) is 9.55. The predicted molar refractivity (Wildman–Crippen MR) is 58.5 cm³/mol. The molecule has 2 aliphatic rings. The summed E-state index contributed by atoms with van der Waals surface area (Å²) in [5.41, 5.74) is -0.321. The average molecular weight is 208 g/mol. The second-order valence-electron chi connectivity index (χ2n) is 5.48. The Hall–Kier alpha value is -0.660. The Morgan fingerprint density at radius 2 is 1.93 bits per heavy atom. The minimum absolute atomic E-state index is 0.182. The van der Waals surface area contributed by atoms with Gasteiger partial charge >= 0.3 is 0 Å². The molecule has 0 aromatic carbocycles. The van der Waals surface area contributed by atoms with Crippen LogP contribution in [0.3, 0.4) is 0 Å². The molecule has 0 radical (unpaired) electrons. The molecule has 15 heavy (non-hydrogen) atoms. The second kappa shape index (κ2) is 4.07. The maximum Gasteiger partial charge on any atom is 0.142 e. The van der Waals surface area contributed by atoms with Gasteiger partial charge in [-0.1, -0.05) is 26.2 Å². The molecule has 2 heteroatoms. The molecule has 0 spiro atoms. The lowest BCUT2D eigenvalue weighted by Gasteiger charge is -2.31. The van der Waals surface area contributed by atoms with E-state index >= 15 is 0 Å². The van der Waals surface area contributed by atoms with Crippen molar-refractivity contribution in [3.05, 3.63) is 0 Å². The first kappa shape index (κ1) is 10.8. The van der Waals surface area contributed by atoms with E-state index in [4.69, 9.17) is 0 Å². The SMILES string of the molecule is C[C@@]12CCCCC[C@@H](CCC(=O)C1)C2=O. The van der Waals surface area contributed by atoms with Gasteiger partial charge in [-0.25, -0.2) is 0 Å². The first-order chi connectivity index (χ1) is 7.12. The van der Waals surface area contributed by atoms with Gasteiger partial charge in [-0.15, -0.1) is 0 Å². The summed E-state index contributed by atoms with van der Waals surface area (Å²) in [6, 6.07) is 0. The third kappa shape index (κ3) is 2.14. The van der Waals surface area contributed by atoms with Crippen LogP contribution in [0.15, 0.2) is 0 Å². The van der Waals surface area contributed by atoms with Gasteiger partial charge in [0.05, 0.1) is 0 Å². The summed E-state index contributed by atoms with van der Waals surface area (Å²) in [7, 11) is 0. The molecule has 0 aliphatic heterocycles. The molecule has 0 heterocycles. The van der Waals surface area contributed by atoms with Crippen molar-refractivity contribution in [2.75, 3.05) is 0 Å². The van der Waals surface area contributed by atoms with Crippen LogP contribution < -0.4 is 0 Å². The molecule has 0 N–H and O–H groups in total. The molecule has 2 rings (SSSR count). The minimum atomic E-state index is -0.321. The first-order valence-electron chi connectivity index (χ1n) is 6.18. The van der Waals surface area contributed by atoms with Crippen LogP contribution in [0.25, 0.3) is 0 Å². The Bertz CT molecular complexity index is 282. The van der Waals surface area contributed by atoms with E-state index in [0.717, 1.165) is 25.7 Å². The van der Waals surface area contributed by atoms with E-state index in [-0.39, 0.29) is 11.3 Å². The molecule has 2 fully saturated rings. The largest absolute Gasteiger partial charge is 0.300 e. The molecule has 0 aromatic heterocycles. The van der Waals surface area contributed by atoms with Gasteiger partial charge in [-0.3, -0.25) is 9.59 Å². The van der Waals surface area contributed by atoms with Crippen molar-refractivity contribution < 1.29 is 9.59 Å². The zero-order chi connectivity index (χ0) is 10.9. The van der Waals surface area contributed by atoms with E-state index < -0.39 is 0 Å². The van der Waals surface area contributed by atoms with Crippen LogP contribution in [0, 0.1) is 11.3 Å². The lowest BCUT2D eigenvalue weighted by atomic mass is 9.71. The maximum absolute atomic E-state index is 12.3. The van der Waals surface area contributed by atoms with Gasteiger partial charge in [0, 0.05) is 24.2 Å². The summed E-state index contributed by atoms with van der Waals surface area (Å²) in [5, 5.41) is 0. The molecule has 2 aliphatic carbocycles. The smallest absolute Gasteiger partial charge is 0.142 e. The van der Waals surface area contributed by atoms with Crippen molar-refractivity contribution in [3.8, 4) is 0 Å². The molecule has 0 saturated heterocycles. The summed E-state index contributed by atoms with van der Waals surface area (Å²) in [4.78, 5) is 24.0. The maximum atomic E-state index is 12.3. The average Bonchev–Trinajstić information content (AvgIpc) is 2.30. The van der Waals surface area contributed by atoms with Crippen molar-refractivity contribution in [3.63, 3.8) is 0 Å². The van der Waals surface area contributed by atoms with Crippen LogP contribution >= 0.6 is 0 Å². The van der Waals surface area contributed by atoms with E-state index in [2.05, 4.69) is 0 Å². The third-order valence-electron chi connectivity index (χ3n) is 4.11. The topological polar surface area (TPSA) is 34.1 Å². The van der Waals surface area contributed by atoms with E-state index in [1.807, 2.05) is 6.92 Å². The zero-order valence-corrected chi connectivity index (χ0v) is 9.55. The summed E-state index contributed by atoms with van der Waals surface area (Å²) in [5.74, 6) is 0.866. The van der Waals surface area contributed by atoms with Crippen LogP contribution in [0.2, 0.25) is 0 Å². The Morgan fingerprint density at radius 3 is 2.73 bits per heavy atom. The summed E-state index contributed by atoms with van der Waals surface area (Å²) in [6.45, 7) is 2.01. The van der Waals surface area contributed by atoms with Crippen molar-refractivity contribution in [1.82, 2.24) is 0 Å². The third-order valence-corrected chi connectivity index (χ3v) is 4.11. The van der Waals surface area contributed by atoms with Crippen LogP contribution in [0.4, 0.5) is 0 Å². The summed E-state index contributed by atoms with van der Waals surface area (Å²) >= 11 is 0. The predicted octanol–water partition coefficient (Wildman–Crippen LogP) is 2.90. The van der Waals surface area contributed by atoms with Gasteiger partial charge in [0.1, 0.15) is 11.6 Å². The Kier molecular flexibility index (Phi) is 2.94. The van der Waals surface area contributed by atoms with Gasteiger partial charge in [-0.05, 0) is 19.3 Å². The number of Topliss-reactive ketones (excluding diaryl/α,β-unsaturated/α-hetero) is 2. The van der Waals surface area contributed by atoms with E-state index in [1.165, 1.54) is 12.8 Å². The van der Waals surface area contributed by atoms with Gasteiger partial charge in [0.15, 0.2) is 0 Å². The van der Waals surface area contributed by atoms with E-state index in [0.29, 0.717) is 24.4 Å². The van der Waals surface area contributed by atoms with Crippen LogP contribution in [-0.2, 0) is 9.59 Å². The standard InChI is InChI=1S/C13H20O2/c1-13-8-4-2-3-5-10(12(13)15)6-7-11(14)9-13/h10H,2-9H2,1H3/t10-,13+/m0/s1. The summed E-state index contributed by atoms with van der Waals surface area (Å²) < 4.78 is 0. The first-order valence-corrected chi connectivity index (χ1v) is 6.18. The number of hydrogen-bond donors (Lipinski definition) is 0. The monoisotopic (exact) mass is 208 g/mol. The quantitative estimate of drug-likeness (QED) is 0.613. The van der Waals surface area contributed by atoms with Crippen molar-refractivity contribution >= 4 is 11.6 Å². The van der Waals surface area contributed by atoms with Crippen LogP contribution in [-0.4, -0.2) is 11.6 Å². The van der Waals surface area contributed by atoms with Gasteiger partial charge in [0.2, 0.25) is 0 Å². The number of rotatable bonds is 0. The second-order valence-corrected chi connectivity index (χ2v) is 5.48.